The Morgan fingerprint density at radius 3 is 1.96 bits per heavy atom. The van der Waals surface area contributed by atoms with E-state index in [1.54, 1.807) is 0 Å². The predicted octanol–water partition coefficient (Wildman–Crippen LogP) is 2.71. The average molecular weight is 402 g/mol. The van der Waals surface area contributed by atoms with Gasteiger partial charge in [0.05, 0.1) is 16.1 Å². The van der Waals surface area contributed by atoms with Crippen molar-refractivity contribution in [1.82, 2.24) is 0 Å². The summed E-state index contributed by atoms with van der Waals surface area (Å²) in [4.78, 5) is 31.4. The molecule has 0 unspecified atom stereocenters. The Balaban J connectivity index is 2.60. The number of rotatable bonds is 6. The van der Waals surface area contributed by atoms with Crippen LogP contribution in [0.15, 0.2) is 41.3 Å². The van der Waals surface area contributed by atoms with E-state index in [-0.39, 0.29) is 5.56 Å². The van der Waals surface area contributed by atoms with Gasteiger partial charge in [0, 0.05) is 16.7 Å². The molecule has 0 heterocycles. The van der Waals surface area contributed by atoms with Crippen LogP contribution in [0.4, 0.5) is 5.69 Å². The molecule has 0 amide bonds. The van der Waals surface area contributed by atoms with E-state index in [0.29, 0.717) is 0 Å². The summed E-state index contributed by atoms with van der Waals surface area (Å²) in [7, 11) is 0.819. The molecule has 0 fully saturated rings. The Labute approximate surface area is 149 Å². The third-order valence-corrected chi connectivity index (χ3v) is 4.42. The van der Waals surface area contributed by atoms with Crippen LogP contribution in [0.25, 0.3) is 0 Å². The van der Waals surface area contributed by atoms with Crippen LogP contribution in [0, 0.1) is 10.1 Å². The summed E-state index contributed by atoms with van der Waals surface area (Å²) >= 11 is 0. The molecule has 0 saturated heterocycles. The van der Waals surface area contributed by atoms with Gasteiger partial charge >= 0.3 is 17.6 Å². The Morgan fingerprint density at radius 1 is 1.00 bits per heavy atom. The number of hydrogen-bond donors (Lipinski definition) is 2. The third kappa shape index (κ3) is 4.07. The van der Waals surface area contributed by atoms with Gasteiger partial charge in [0.25, 0.3) is 9.05 Å². The molecule has 0 aliphatic heterocycles. The number of benzene rings is 2. The van der Waals surface area contributed by atoms with Crippen molar-refractivity contribution in [3.63, 3.8) is 0 Å². The first-order valence-corrected chi connectivity index (χ1v) is 8.83. The van der Waals surface area contributed by atoms with Gasteiger partial charge in [-0.05, 0) is 30.3 Å². The van der Waals surface area contributed by atoms with E-state index in [2.05, 4.69) is 0 Å². The lowest BCUT2D eigenvalue weighted by atomic mass is 10.2. The van der Waals surface area contributed by atoms with Gasteiger partial charge in [0.2, 0.25) is 5.75 Å². The number of halogens is 1. The predicted molar refractivity (Wildman–Crippen MR) is 86.6 cm³/mol. The molecule has 136 valence electrons. The second-order valence-electron chi connectivity index (χ2n) is 4.75. The monoisotopic (exact) mass is 401 g/mol. The molecule has 0 atom stereocenters. The number of aromatic carboxylic acids is 2. The lowest BCUT2D eigenvalue weighted by Gasteiger charge is -2.10. The van der Waals surface area contributed by atoms with Crippen LogP contribution >= 0.6 is 10.7 Å². The van der Waals surface area contributed by atoms with Crippen molar-refractivity contribution in [1.29, 1.82) is 0 Å². The van der Waals surface area contributed by atoms with Crippen molar-refractivity contribution >= 4 is 37.4 Å². The van der Waals surface area contributed by atoms with Crippen LogP contribution < -0.4 is 4.74 Å². The van der Waals surface area contributed by atoms with Gasteiger partial charge in [-0.2, -0.15) is 0 Å². The van der Waals surface area contributed by atoms with E-state index in [9.17, 15) is 28.1 Å². The van der Waals surface area contributed by atoms with Crippen molar-refractivity contribution in [2.75, 3.05) is 0 Å². The van der Waals surface area contributed by atoms with Crippen LogP contribution in [-0.2, 0) is 9.05 Å². The molecule has 10 nitrogen and oxygen atoms in total. The van der Waals surface area contributed by atoms with E-state index in [1.165, 1.54) is 0 Å². The standard InChI is InChI=1S/C14H8ClNO9S/c15-26(23,24)12-6-8(14(19)20)2-4-11(12)25-10-3-1-7(13(17)18)5-9(10)16(21)22/h1-6H,(H,17,18)(H,19,20). The number of carboxylic acid groups (broad SMARTS) is 2. The van der Waals surface area contributed by atoms with Gasteiger partial charge in [0.15, 0.2) is 0 Å². The molecule has 2 rings (SSSR count). The molecule has 0 saturated carbocycles. The summed E-state index contributed by atoms with van der Waals surface area (Å²) in [6.07, 6.45) is 0. The average Bonchev–Trinajstić information content (AvgIpc) is 2.53. The van der Waals surface area contributed by atoms with E-state index in [0.717, 1.165) is 36.4 Å². The molecule has 2 aromatic rings. The molecule has 0 bridgehead atoms. The number of nitro benzene ring substituents is 1. The maximum absolute atomic E-state index is 11.7. The van der Waals surface area contributed by atoms with Gasteiger partial charge in [0.1, 0.15) is 10.6 Å². The summed E-state index contributed by atoms with van der Waals surface area (Å²) < 4.78 is 28.5. The number of carbonyl (C=O) groups is 2. The quantitative estimate of drug-likeness (QED) is 0.421. The fourth-order valence-electron chi connectivity index (χ4n) is 1.91. The second kappa shape index (κ2) is 6.98. The van der Waals surface area contributed by atoms with E-state index in [1.807, 2.05) is 0 Å². The molecule has 0 spiro atoms. The van der Waals surface area contributed by atoms with Crippen LogP contribution in [0.3, 0.4) is 0 Å². The molecule has 0 aliphatic rings. The summed E-state index contributed by atoms with van der Waals surface area (Å²) in [5.74, 6) is -3.75. The molecule has 26 heavy (non-hydrogen) atoms. The Morgan fingerprint density at radius 2 is 1.50 bits per heavy atom. The maximum atomic E-state index is 11.7. The zero-order valence-electron chi connectivity index (χ0n) is 12.4. The van der Waals surface area contributed by atoms with Crippen molar-refractivity contribution in [2.45, 2.75) is 4.90 Å². The second-order valence-corrected chi connectivity index (χ2v) is 7.29. The van der Waals surface area contributed by atoms with Gasteiger partial charge in [-0.1, -0.05) is 0 Å². The van der Waals surface area contributed by atoms with Crippen molar-refractivity contribution < 1.29 is 37.9 Å². The number of hydrogen-bond acceptors (Lipinski definition) is 7. The highest BCUT2D eigenvalue weighted by molar-refractivity contribution is 8.13. The van der Waals surface area contributed by atoms with Crippen LogP contribution in [0.5, 0.6) is 11.5 Å². The highest BCUT2D eigenvalue weighted by Gasteiger charge is 2.24. The molecule has 0 radical (unpaired) electrons. The SMILES string of the molecule is O=C(O)c1ccc(Oc2ccc(C(=O)O)cc2S(=O)(=O)Cl)c([N+](=O)[O-])c1. The summed E-state index contributed by atoms with van der Waals surface area (Å²) in [5.41, 5.74) is -1.51. The molecule has 0 aromatic heterocycles. The molecule has 2 N–H and O–H groups in total. The van der Waals surface area contributed by atoms with Gasteiger partial charge in [-0.15, -0.1) is 0 Å². The molecule has 2 aromatic carbocycles. The normalized spacial score (nSPS) is 11.0. The molecular formula is C14H8ClNO9S. The number of nitrogens with zero attached hydrogens (tertiary/aromatic N) is 1. The molecular weight excluding hydrogens is 394 g/mol. The zero-order chi connectivity index (χ0) is 19.6. The lowest BCUT2D eigenvalue weighted by molar-refractivity contribution is -0.385. The van der Waals surface area contributed by atoms with E-state index >= 15 is 0 Å². The maximum Gasteiger partial charge on any atom is 0.335 e. The van der Waals surface area contributed by atoms with E-state index < -0.39 is 53.6 Å². The van der Waals surface area contributed by atoms with Crippen LogP contribution in [0.1, 0.15) is 20.7 Å². The topological polar surface area (TPSA) is 161 Å². The van der Waals surface area contributed by atoms with Gasteiger partial charge in [-0.25, -0.2) is 18.0 Å². The Kier molecular flexibility index (Phi) is 5.14. The van der Waals surface area contributed by atoms with Gasteiger partial charge < -0.3 is 14.9 Å². The third-order valence-electron chi connectivity index (χ3n) is 3.08. The fraction of sp³-hybridized carbons (Fsp3) is 0. The molecule has 0 aliphatic carbocycles. The summed E-state index contributed by atoms with van der Waals surface area (Å²) in [6, 6.07) is 5.44. The van der Waals surface area contributed by atoms with Crippen molar-refractivity contribution in [2.24, 2.45) is 0 Å². The summed E-state index contributed by atoms with van der Waals surface area (Å²) in [6.45, 7) is 0. The fourth-order valence-corrected chi connectivity index (χ4v) is 2.89. The Hall–Kier alpha value is -3.18. The molecule has 12 heteroatoms. The largest absolute Gasteiger partial charge is 0.478 e. The first-order valence-electron chi connectivity index (χ1n) is 6.52. The minimum Gasteiger partial charge on any atom is -0.478 e. The first-order chi connectivity index (χ1) is 12.0. The smallest absolute Gasteiger partial charge is 0.335 e. The van der Waals surface area contributed by atoms with Crippen LogP contribution in [0.2, 0.25) is 0 Å². The number of carboxylic acids is 2. The number of ether oxygens (including phenoxy) is 1. The highest BCUT2D eigenvalue weighted by Crippen LogP contribution is 2.36. The lowest BCUT2D eigenvalue weighted by Crippen LogP contribution is -2.03. The van der Waals surface area contributed by atoms with Crippen LogP contribution in [-0.4, -0.2) is 35.5 Å². The zero-order valence-corrected chi connectivity index (χ0v) is 14.0. The minimum atomic E-state index is -4.44. The van der Waals surface area contributed by atoms with Crippen molar-refractivity contribution in [3.8, 4) is 11.5 Å². The van der Waals surface area contributed by atoms with Crippen molar-refractivity contribution in [3.05, 3.63) is 57.6 Å². The first kappa shape index (κ1) is 19.1. The van der Waals surface area contributed by atoms with Gasteiger partial charge in [-0.3, -0.25) is 10.1 Å². The number of nitro groups is 1. The minimum absolute atomic E-state index is 0.379. The summed E-state index contributed by atoms with van der Waals surface area (Å²) in [5, 5.41) is 28.9. The van der Waals surface area contributed by atoms with E-state index in [4.69, 9.17) is 25.6 Å². The highest BCUT2D eigenvalue weighted by atomic mass is 35.7. The Bertz CT molecular complexity index is 1030.